The molecule has 0 saturated heterocycles. The van der Waals surface area contributed by atoms with Crippen molar-refractivity contribution in [3.8, 4) is 5.75 Å². The molecule has 0 aromatic carbocycles. The number of nitrogens with one attached hydrogen (secondary N) is 1. The summed E-state index contributed by atoms with van der Waals surface area (Å²) in [6.45, 7) is 3.11. The molecule has 1 unspecified atom stereocenters. The zero-order valence-electron chi connectivity index (χ0n) is 8.27. The van der Waals surface area contributed by atoms with E-state index in [1.54, 1.807) is 12.1 Å². The molecule has 0 aliphatic heterocycles. The Morgan fingerprint density at radius 3 is 2.86 bits per heavy atom. The van der Waals surface area contributed by atoms with Crippen molar-refractivity contribution in [1.82, 2.24) is 10.3 Å². The zero-order chi connectivity index (χ0) is 10.4. The fourth-order valence-corrected chi connectivity index (χ4v) is 1.03. The molecule has 1 aromatic heterocycles. The van der Waals surface area contributed by atoms with Crippen molar-refractivity contribution in [2.75, 3.05) is 6.54 Å². The van der Waals surface area contributed by atoms with Crippen molar-refractivity contribution < 1.29 is 10.2 Å². The number of aliphatic hydroxyl groups excluding tert-OH is 1. The van der Waals surface area contributed by atoms with Crippen LogP contribution < -0.4 is 5.32 Å². The first-order valence-electron chi connectivity index (χ1n) is 4.75. The molecule has 14 heavy (non-hydrogen) atoms. The molecule has 0 aliphatic rings. The molecule has 78 valence electrons. The van der Waals surface area contributed by atoms with E-state index >= 15 is 0 Å². The van der Waals surface area contributed by atoms with E-state index in [-0.39, 0.29) is 11.9 Å². The van der Waals surface area contributed by atoms with Crippen molar-refractivity contribution >= 4 is 0 Å². The van der Waals surface area contributed by atoms with Crippen LogP contribution in [0.25, 0.3) is 0 Å². The van der Waals surface area contributed by atoms with Gasteiger partial charge in [0.25, 0.3) is 0 Å². The fourth-order valence-electron chi connectivity index (χ4n) is 1.03. The first-order valence-corrected chi connectivity index (χ1v) is 4.75. The molecule has 1 atom stereocenters. The van der Waals surface area contributed by atoms with Gasteiger partial charge in [0.05, 0.1) is 18.0 Å². The maximum Gasteiger partial charge on any atom is 0.133 e. The number of aliphatic hydroxyl groups is 1. The number of hydrogen-bond donors (Lipinski definition) is 3. The molecule has 1 rings (SSSR count). The average Bonchev–Trinajstić information content (AvgIpc) is 2.21. The summed E-state index contributed by atoms with van der Waals surface area (Å²) >= 11 is 0. The summed E-state index contributed by atoms with van der Waals surface area (Å²) < 4.78 is 0. The molecular formula is C10H16N2O2. The van der Waals surface area contributed by atoms with Crippen molar-refractivity contribution in [3.63, 3.8) is 0 Å². The zero-order valence-corrected chi connectivity index (χ0v) is 8.27. The molecule has 0 saturated carbocycles. The van der Waals surface area contributed by atoms with Gasteiger partial charge in [0.1, 0.15) is 5.75 Å². The molecule has 0 fully saturated rings. The quantitative estimate of drug-likeness (QED) is 0.647. The first-order chi connectivity index (χ1) is 6.72. The van der Waals surface area contributed by atoms with Gasteiger partial charge >= 0.3 is 0 Å². The number of aromatic hydroxyl groups is 1. The van der Waals surface area contributed by atoms with E-state index in [4.69, 9.17) is 5.11 Å². The van der Waals surface area contributed by atoms with Crippen molar-refractivity contribution in [1.29, 1.82) is 0 Å². The topological polar surface area (TPSA) is 65.4 Å². The van der Waals surface area contributed by atoms with Gasteiger partial charge in [-0.3, -0.25) is 4.98 Å². The summed E-state index contributed by atoms with van der Waals surface area (Å²) in [4.78, 5) is 4.01. The molecule has 0 bridgehead atoms. The van der Waals surface area contributed by atoms with E-state index in [2.05, 4.69) is 10.3 Å². The van der Waals surface area contributed by atoms with Gasteiger partial charge in [-0.05, 0) is 18.6 Å². The maximum absolute atomic E-state index is 9.26. The van der Waals surface area contributed by atoms with Crippen molar-refractivity contribution in [2.45, 2.75) is 26.0 Å². The Labute approximate surface area is 83.6 Å². The number of hydrogen-bond acceptors (Lipinski definition) is 4. The Bertz CT molecular complexity index is 261. The average molecular weight is 196 g/mol. The maximum atomic E-state index is 9.26. The predicted molar refractivity (Wildman–Crippen MR) is 53.9 cm³/mol. The molecule has 3 N–H and O–H groups in total. The van der Waals surface area contributed by atoms with E-state index in [0.29, 0.717) is 13.1 Å². The van der Waals surface area contributed by atoms with Gasteiger partial charge in [0.15, 0.2) is 0 Å². The van der Waals surface area contributed by atoms with Crippen LogP contribution in [0, 0.1) is 0 Å². The standard InChI is InChI=1S/C10H16N2O2/c1-2-9(13)6-11-5-8-3-4-10(14)7-12-8/h3-4,7,9,11,13-14H,2,5-6H2,1H3. The minimum absolute atomic E-state index is 0.169. The van der Waals surface area contributed by atoms with Crippen LogP contribution in [-0.4, -0.2) is 27.8 Å². The van der Waals surface area contributed by atoms with Gasteiger partial charge in [-0.2, -0.15) is 0 Å². The number of aromatic nitrogens is 1. The molecular weight excluding hydrogens is 180 g/mol. The van der Waals surface area contributed by atoms with E-state index < -0.39 is 0 Å². The van der Waals surface area contributed by atoms with Crippen LogP contribution in [0.1, 0.15) is 19.0 Å². The Morgan fingerprint density at radius 2 is 2.29 bits per heavy atom. The summed E-state index contributed by atoms with van der Waals surface area (Å²) in [6, 6.07) is 3.35. The lowest BCUT2D eigenvalue weighted by Gasteiger charge is -2.08. The highest BCUT2D eigenvalue weighted by Crippen LogP contribution is 2.05. The Morgan fingerprint density at radius 1 is 1.50 bits per heavy atom. The normalized spacial score (nSPS) is 12.7. The highest BCUT2D eigenvalue weighted by molar-refractivity contribution is 5.17. The molecule has 4 nitrogen and oxygen atoms in total. The third kappa shape index (κ3) is 3.72. The second-order valence-corrected chi connectivity index (χ2v) is 3.20. The SMILES string of the molecule is CCC(O)CNCc1ccc(O)cn1. The van der Waals surface area contributed by atoms with E-state index in [1.165, 1.54) is 6.20 Å². The highest BCUT2D eigenvalue weighted by Gasteiger charge is 2.00. The van der Waals surface area contributed by atoms with Gasteiger partial charge in [0.2, 0.25) is 0 Å². The van der Waals surface area contributed by atoms with E-state index in [1.807, 2.05) is 6.92 Å². The van der Waals surface area contributed by atoms with Crippen LogP contribution in [0.5, 0.6) is 5.75 Å². The Balaban J connectivity index is 2.28. The molecule has 0 amide bonds. The van der Waals surface area contributed by atoms with Crippen LogP contribution in [-0.2, 0) is 6.54 Å². The fraction of sp³-hybridized carbons (Fsp3) is 0.500. The summed E-state index contributed by atoms with van der Waals surface area (Å²) in [5, 5.41) is 21.3. The minimum atomic E-state index is -0.299. The van der Waals surface area contributed by atoms with Crippen LogP contribution in [0.4, 0.5) is 0 Å². The molecule has 0 aliphatic carbocycles. The van der Waals surface area contributed by atoms with Gasteiger partial charge in [-0.1, -0.05) is 6.92 Å². The second kappa shape index (κ2) is 5.57. The predicted octanol–water partition coefficient (Wildman–Crippen LogP) is 0.648. The lowest BCUT2D eigenvalue weighted by atomic mass is 10.2. The van der Waals surface area contributed by atoms with Gasteiger partial charge in [0, 0.05) is 13.1 Å². The largest absolute Gasteiger partial charge is 0.506 e. The summed E-state index contributed by atoms with van der Waals surface area (Å²) in [5.41, 5.74) is 0.853. The molecule has 1 heterocycles. The van der Waals surface area contributed by atoms with E-state index in [9.17, 15) is 5.11 Å². The molecule has 0 radical (unpaired) electrons. The van der Waals surface area contributed by atoms with Crippen LogP contribution in [0.3, 0.4) is 0 Å². The molecule has 0 spiro atoms. The van der Waals surface area contributed by atoms with E-state index in [0.717, 1.165) is 12.1 Å². The number of rotatable bonds is 5. The van der Waals surface area contributed by atoms with Crippen molar-refractivity contribution in [2.24, 2.45) is 0 Å². The Hall–Kier alpha value is -1.13. The smallest absolute Gasteiger partial charge is 0.133 e. The number of nitrogens with zero attached hydrogens (tertiary/aromatic N) is 1. The highest BCUT2D eigenvalue weighted by atomic mass is 16.3. The van der Waals surface area contributed by atoms with Crippen LogP contribution in [0.2, 0.25) is 0 Å². The molecule has 4 heteroatoms. The third-order valence-electron chi connectivity index (χ3n) is 1.97. The van der Waals surface area contributed by atoms with Gasteiger partial charge in [-0.15, -0.1) is 0 Å². The van der Waals surface area contributed by atoms with Crippen LogP contribution in [0.15, 0.2) is 18.3 Å². The van der Waals surface area contributed by atoms with Crippen LogP contribution >= 0.6 is 0 Å². The first kappa shape index (κ1) is 10.9. The monoisotopic (exact) mass is 196 g/mol. The van der Waals surface area contributed by atoms with Crippen molar-refractivity contribution in [3.05, 3.63) is 24.0 Å². The number of pyridine rings is 1. The summed E-state index contributed by atoms with van der Waals surface area (Å²) in [5.74, 6) is 0.169. The third-order valence-corrected chi connectivity index (χ3v) is 1.97. The van der Waals surface area contributed by atoms with Gasteiger partial charge in [-0.25, -0.2) is 0 Å². The lowest BCUT2D eigenvalue weighted by molar-refractivity contribution is 0.167. The van der Waals surface area contributed by atoms with Gasteiger partial charge < -0.3 is 15.5 Å². The summed E-state index contributed by atoms with van der Waals surface area (Å²) in [7, 11) is 0. The summed E-state index contributed by atoms with van der Waals surface area (Å²) in [6.07, 6.45) is 1.86. The Kier molecular flexibility index (Phi) is 4.35. The molecule has 1 aromatic rings. The lowest BCUT2D eigenvalue weighted by Crippen LogP contribution is -2.25. The minimum Gasteiger partial charge on any atom is -0.506 e. The second-order valence-electron chi connectivity index (χ2n) is 3.20.